The van der Waals surface area contributed by atoms with Crippen molar-refractivity contribution in [3.63, 3.8) is 0 Å². The molecule has 1 aliphatic heterocycles. The molecule has 1 aromatic heterocycles. The highest BCUT2D eigenvalue weighted by Gasteiger charge is 2.26. The van der Waals surface area contributed by atoms with Gasteiger partial charge in [0.15, 0.2) is 0 Å². The average Bonchev–Trinajstić information content (AvgIpc) is 3.37. The zero-order chi connectivity index (χ0) is 30.4. The molecule has 0 atom stereocenters. The number of nitro benzene ring substituents is 1. The van der Waals surface area contributed by atoms with Gasteiger partial charge in [0.1, 0.15) is 23.7 Å². The summed E-state index contributed by atoms with van der Waals surface area (Å²) in [4.78, 5) is 26.3. The van der Waals surface area contributed by atoms with Gasteiger partial charge in [0, 0.05) is 43.1 Å². The molecule has 1 fully saturated rings. The van der Waals surface area contributed by atoms with E-state index in [0.29, 0.717) is 42.6 Å². The Morgan fingerprint density at radius 3 is 2.53 bits per heavy atom. The van der Waals surface area contributed by atoms with Crippen molar-refractivity contribution in [1.29, 1.82) is 0 Å². The Bertz CT molecular complexity index is 1740. The number of amides is 1. The van der Waals surface area contributed by atoms with E-state index < -0.39 is 31.4 Å². The Labute approximate surface area is 253 Å². The van der Waals surface area contributed by atoms with Gasteiger partial charge < -0.3 is 19.4 Å². The number of nitro groups is 1. The predicted molar refractivity (Wildman–Crippen MR) is 162 cm³/mol. The first kappa shape index (κ1) is 30.3. The summed E-state index contributed by atoms with van der Waals surface area (Å²) < 4.78 is 41.3. The molecular weight excluding hydrogens is 598 g/mol. The number of rotatable bonds is 12. The monoisotopic (exact) mass is 627 g/mol. The van der Waals surface area contributed by atoms with Crippen LogP contribution in [0.4, 0.5) is 11.4 Å². The maximum Gasteiger partial charge on any atom is 0.293 e. The van der Waals surface area contributed by atoms with Crippen molar-refractivity contribution in [2.45, 2.75) is 11.4 Å². The van der Waals surface area contributed by atoms with E-state index in [4.69, 9.17) is 21.1 Å². The molecule has 1 amide bonds. The van der Waals surface area contributed by atoms with Gasteiger partial charge >= 0.3 is 0 Å². The number of ether oxygens (including phenoxy) is 2. The Balaban J connectivity index is 1.32. The van der Waals surface area contributed by atoms with Gasteiger partial charge in [-0.3, -0.25) is 19.8 Å². The van der Waals surface area contributed by atoms with Crippen molar-refractivity contribution in [1.82, 2.24) is 14.2 Å². The average molecular weight is 628 g/mol. The number of halogens is 1. The van der Waals surface area contributed by atoms with Crippen LogP contribution in [-0.2, 0) is 21.3 Å². The van der Waals surface area contributed by atoms with Crippen molar-refractivity contribution in [3.8, 4) is 5.75 Å². The predicted octanol–water partition coefficient (Wildman–Crippen LogP) is 4.14. The number of anilines is 1. The van der Waals surface area contributed by atoms with Crippen LogP contribution in [0.2, 0.25) is 5.02 Å². The minimum absolute atomic E-state index is 0.0865. The van der Waals surface area contributed by atoms with Gasteiger partial charge in [-0.05, 0) is 36.4 Å². The van der Waals surface area contributed by atoms with E-state index in [-0.39, 0.29) is 24.5 Å². The Morgan fingerprint density at radius 1 is 1.02 bits per heavy atom. The molecule has 1 saturated heterocycles. The lowest BCUT2D eigenvalue weighted by molar-refractivity contribution is -0.384. The summed E-state index contributed by atoms with van der Waals surface area (Å²) in [6.07, 6.45) is 0. The third kappa shape index (κ3) is 7.25. The summed E-state index contributed by atoms with van der Waals surface area (Å²) in [6, 6.07) is 19.3. The van der Waals surface area contributed by atoms with Crippen molar-refractivity contribution in [2.24, 2.45) is 0 Å². The number of hydrogen-bond acceptors (Lipinski definition) is 9. The molecule has 43 heavy (non-hydrogen) atoms. The molecule has 2 heterocycles. The first-order valence-electron chi connectivity index (χ1n) is 13.6. The first-order valence-corrected chi connectivity index (χ1v) is 15.4. The van der Waals surface area contributed by atoms with Crippen LogP contribution in [0, 0.1) is 10.1 Å². The molecule has 0 saturated carbocycles. The molecular formula is C29H30ClN5O7S. The summed E-state index contributed by atoms with van der Waals surface area (Å²) in [5.74, 6) is -0.404. The summed E-state index contributed by atoms with van der Waals surface area (Å²) in [7, 11) is -4.46. The van der Waals surface area contributed by atoms with E-state index in [2.05, 4.69) is 14.9 Å². The topological polar surface area (TPSA) is 145 Å². The van der Waals surface area contributed by atoms with E-state index in [1.54, 1.807) is 47.0 Å². The van der Waals surface area contributed by atoms with Crippen LogP contribution in [0.3, 0.4) is 0 Å². The van der Waals surface area contributed by atoms with Crippen molar-refractivity contribution in [3.05, 3.63) is 93.6 Å². The second-order valence-corrected chi connectivity index (χ2v) is 11.9. The maximum atomic E-state index is 13.4. The van der Waals surface area contributed by atoms with Crippen LogP contribution in [0.15, 0.2) is 77.7 Å². The molecule has 4 aromatic rings. The van der Waals surface area contributed by atoms with Gasteiger partial charge in [-0.1, -0.05) is 41.9 Å². The zero-order valence-corrected chi connectivity index (χ0v) is 24.6. The second-order valence-electron chi connectivity index (χ2n) is 9.77. The Kier molecular flexibility index (Phi) is 9.46. The number of para-hydroxylation sites is 2. The molecule has 12 nitrogen and oxygen atoms in total. The van der Waals surface area contributed by atoms with Crippen LogP contribution < -0.4 is 14.8 Å². The van der Waals surface area contributed by atoms with Crippen LogP contribution in [-0.4, -0.2) is 74.7 Å². The van der Waals surface area contributed by atoms with Crippen molar-refractivity contribution < 1.29 is 27.6 Å². The van der Waals surface area contributed by atoms with E-state index >= 15 is 0 Å². The van der Waals surface area contributed by atoms with Gasteiger partial charge in [0.25, 0.3) is 21.6 Å². The minimum Gasteiger partial charge on any atom is -0.490 e. The molecule has 0 aliphatic carbocycles. The van der Waals surface area contributed by atoms with E-state index in [1.807, 2.05) is 12.1 Å². The van der Waals surface area contributed by atoms with Gasteiger partial charge in [-0.2, -0.15) is 0 Å². The van der Waals surface area contributed by atoms with E-state index in [0.717, 1.165) is 24.5 Å². The highest BCUT2D eigenvalue weighted by atomic mass is 35.5. The van der Waals surface area contributed by atoms with Gasteiger partial charge in [-0.25, -0.2) is 13.1 Å². The minimum atomic E-state index is -4.46. The first-order chi connectivity index (χ1) is 20.7. The molecule has 5 rings (SSSR count). The number of nitrogens with zero attached hydrogens (tertiary/aromatic N) is 3. The number of sulfonamides is 1. The van der Waals surface area contributed by atoms with Gasteiger partial charge in [0.2, 0.25) is 0 Å². The van der Waals surface area contributed by atoms with Gasteiger partial charge in [0.05, 0.1) is 34.6 Å². The molecule has 14 heteroatoms. The van der Waals surface area contributed by atoms with Crippen molar-refractivity contribution >= 4 is 49.8 Å². The molecule has 0 bridgehead atoms. The molecule has 2 N–H and O–H groups in total. The molecule has 0 spiro atoms. The third-order valence-corrected chi connectivity index (χ3v) is 8.64. The van der Waals surface area contributed by atoms with Crippen LogP contribution in [0.1, 0.15) is 10.5 Å². The number of carbonyl (C=O) groups excluding carboxylic acids is 1. The normalized spacial score (nSPS) is 14.0. The zero-order valence-electron chi connectivity index (χ0n) is 23.1. The lowest BCUT2D eigenvalue weighted by Crippen LogP contribution is -2.39. The maximum absolute atomic E-state index is 13.4. The smallest absolute Gasteiger partial charge is 0.293 e. The van der Waals surface area contributed by atoms with Crippen molar-refractivity contribution in [2.75, 3.05) is 51.3 Å². The Morgan fingerprint density at radius 2 is 1.77 bits per heavy atom. The molecule has 0 radical (unpaired) electrons. The number of benzene rings is 3. The number of nitrogens with one attached hydrogen (secondary N) is 2. The molecule has 3 aromatic carbocycles. The van der Waals surface area contributed by atoms with Crippen LogP contribution in [0.5, 0.6) is 5.75 Å². The highest BCUT2D eigenvalue weighted by molar-refractivity contribution is 7.90. The fourth-order valence-electron chi connectivity index (χ4n) is 4.83. The quantitative estimate of drug-likeness (QED) is 0.175. The largest absolute Gasteiger partial charge is 0.490 e. The second kappa shape index (κ2) is 13.4. The molecule has 0 unspecified atom stereocenters. The number of carbonyl (C=O) groups is 1. The summed E-state index contributed by atoms with van der Waals surface area (Å²) in [5, 5.41) is 16.0. The summed E-state index contributed by atoms with van der Waals surface area (Å²) in [5.41, 5.74) is 0.560. The highest BCUT2D eigenvalue weighted by Crippen LogP contribution is 2.28. The van der Waals surface area contributed by atoms with Crippen LogP contribution >= 0.6 is 11.6 Å². The summed E-state index contributed by atoms with van der Waals surface area (Å²) in [6.45, 7) is 4.26. The molecule has 1 aliphatic rings. The third-order valence-electron chi connectivity index (χ3n) is 7.00. The lowest BCUT2D eigenvalue weighted by Gasteiger charge is -2.26. The molecule has 226 valence electrons. The number of morpholine rings is 1. The van der Waals surface area contributed by atoms with E-state index in [9.17, 15) is 23.3 Å². The van der Waals surface area contributed by atoms with E-state index in [1.165, 1.54) is 12.1 Å². The number of aromatic nitrogens is 1. The fourth-order valence-corrected chi connectivity index (χ4v) is 6.00. The van der Waals surface area contributed by atoms with Gasteiger partial charge in [-0.15, -0.1) is 0 Å². The number of hydrogen-bond donors (Lipinski definition) is 2. The standard InChI is InChI=1S/C29H30ClN5O7S/c30-23-6-2-4-8-28(23)42-18-15-34-25-7-3-1-5-21(25)19-27(34)29(36)32-43(39,40)22-9-10-24(26(20-22)35(37)38)31-11-12-33-13-16-41-17-14-33/h1-10,19-20,31H,11-18H2,(H,32,36). The lowest BCUT2D eigenvalue weighted by atomic mass is 10.2. The fraction of sp³-hybridized carbons (Fsp3) is 0.276. The Hall–Kier alpha value is -4.17. The SMILES string of the molecule is O=C(NS(=O)(=O)c1ccc(NCCN2CCOCC2)c([N+](=O)[O-])c1)c1cc2ccccc2n1CCOc1ccccc1Cl. The summed E-state index contributed by atoms with van der Waals surface area (Å²) >= 11 is 6.18. The number of fused-ring (bicyclic) bond motifs is 1. The van der Waals surface area contributed by atoms with Crippen LogP contribution in [0.25, 0.3) is 10.9 Å².